The summed E-state index contributed by atoms with van der Waals surface area (Å²) in [4.78, 5) is 10.9. The Balaban J connectivity index is 2.29. The number of fused-ring (bicyclic) bond motifs is 1. The van der Waals surface area contributed by atoms with Crippen molar-refractivity contribution in [3.05, 3.63) is 17.7 Å². The van der Waals surface area contributed by atoms with Gasteiger partial charge in [-0.05, 0) is 31.4 Å². The minimum Gasteiger partial charge on any atom is -0.479 e. The summed E-state index contributed by atoms with van der Waals surface area (Å²) in [6, 6.07) is 3.46. The minimum atomic E-state index is -1.02. The van der Waals surface area contributed by atoms with Crippen LogP contribution in [0.2, 0.25) is 0 Å². The van der Waals surface area contributed by atoms with Gasteiger partial charge in [0.05, 0.1) is 0 Å². The predicted molar refractivity (Wildman–Crippen MR) is 72.3 cm³/mol. The molecule has 6 nitrogen and oxygen atoms in total. The van der Waals surface area contributed by atoms with E-state index >= 15 is 0 Å². The molecule has 1 aromatic rings. The van der Waals surface area contributed by atoms with E-state index < -0.39 is 12.1 Å². The van der Waals surface area contributed by atoms with Gasteiger partial charge in [0.25, 0.3) is 0 Å². The molecule has 110 valence electrons. The summed E-state index contributed by atoms with van der Waals surface area (Å²) in [5.74, 6) is 0.659. The second kappa shape index (κ2) is 6.00. The third kappa shape index (κ3) is 3.14. The molecule has 1 aromatic carbocycles. The van der Waals surface area contributed by atoms with Crippen molar-refractivity contribution in [2.24, 2.45) is 5.73 Å². The zero-order valence-electron chi connectivity index (χ0n) is 11.6. The van der Waals surface area contributed by atoms with Gasteiger partial charge >= 0.3 is 5.97 Å². The second-order valence-corrected chi connectivity index (χ2v) is 4.78. The number of carboxylic acids is 1. The molecule has 0 aliphatic carbocycles. The summed E-state index contributed by atoms with van der Waals surface area (Å²) in [5, 5.41) is 8.95. The van der Waals surface area contributed by atoms with Crippen molar-refractivity contribution in [1.82, 2.24) is 0 Å². The fourth-order valence-corrected chi connectivity index (χ4v) is 1.90. The van der Waals surface area contributed by atoms with Gasteiger partial charge in [0.15, 0.2) is 17.6 Å². The second-order valence-electron chi connectivity index (χ2n) is 4.78. The summed E-state index contributed by atoms with van der Waals surface area (Å²) in [6.45, 7) is 3.64. The molecule has 20 heavy (non-hydrogen) atoms. The maximum Gasteiger partial charge on any atom is 0.344 e. The highest BCUT2D eigenvalue weighted by Gasteiger charge is 2.22. The van der Waals surface area contributed by atoms with Crippen LogP contribution in [0, 0.1) is 0 Å². The van der Waals surface area contributed by atoms with Gasteiger partial charge < -0.3 is 25.1 Å². The van der Waals surface area contributed by atoms with E-state index in [0.29, 0.717) is 23.7 Å². The van der Waals surface area contributed by atoms with Crippen LogP contribution in [0.3, 0.4) is 0 Å². The van der Waals surface area contributed by atoms with Gasteiger partial charge in [-0.3, -0.25) is 0 Å². The number of nitrogens with two attached hydrogens (primary N) is 1. The van der Waals surface area contributed by atoms with Gasteiger partial charge in [-0.15, -0.1) is 0 Å². The number of hydrogen-bond acceptors (Lipinski definition) is 5. The number of rotatable bonds is 6. The highest BCUT2D eigenvalue weighted by Crippen LogP contribution is 2.39. The molecule has 0 amide bonds. The SMILES string of the molecule is CCC(N)Cc1cc2c(cc1OC(C)C(=O)O)OCO2. The lowest BCUT2D eigenvalue weighted by atomic mass is 10.0. The number of ether oxygens (including phenoxy) is 3. The highest BCUT2D eigenvalue weighted by atomic mass is 16.7. The molecule has 0 aromatic heterocycles. The number of benzene rings is 1. The number of carboxylic acid groups (broad SMARTS) is 1. The highest BCUT2D eigenvalue weighted by molar-refractivity contribution is 5.72. The normalized spacial score (nSPS) is 15.8. The smallest absolute Gasteiger partial charge is 0.344 e. The molecule has 0 saturated heterocycles. The van der Waals surface area contributed by atoms with Crippen LogP contribution in [-0.2, 0) is 11.2 Å². The molecule has 0 radical (unpaired) electrons. The average molecular weight is 281 g/mol. The lowest BCUT2D eigenvalue weighted by Crippen LogP contribution is -2.25. The summed E-state index contributed by atoms with van der Waals surface area (Å²) in [6.07, 6.45) is 0.476. The lowest BCUT2D eigenvalue weighted by Gasteiger charge is -2.17. The first-order chi connectivity index (χ1) is 9.51. The minimum absolute atomic E-state index is 0.0159. The van der Waals surface area contributed by atoms with Crippen LogP contribution in [0.1, 0.15) is 25.8 Å². The molecule has 2 unspecified atom stereocenters. The molecule has 1 aliphatic rings. The molecule has 0 bridgehead atoms. The first-order valence-corrected chi connectivity index (χ1v) is 6.58. The van der Waals surface area contributed by atoms with Crippen LogP contribution < -0.4 is 19.9 Å². The van der Waals surface area contributed by atoms with E-state index in [1.54, 1.807) is 6.07 Å². The summed E-state index contributed by atoms with van der Waals surface area (Å²) in [7, 11) is 0. The Morgan fingerprint density at radius 3 is 2.70 bits per heavy atom. The first-order valence-electron chi connectivity index (χ1n) is 6.58. The number of hydrogen-bond donors (Lipinski definition) is 2. The van der Waals surface area contributed by atoms with Crippen LogP contribution in [0.5, 0.6) is 17.2 Å². The van der Waals surface area contributed by atoms with E-state index in [9.17, 15) is 4.79 Å². The van der Waals surface area contributed by atoms with E-state index in [1.807, 2.05) is 13.0 Å². The molecule has 0 spiro atoms. The quantitative estimate of drug-likeness (QED) is 0.822. The summed E-state index contributed by atoms with van der Waals surface area (Å²) < 4.78 is 16.1. The maximum absolute atomic E-state index is 10.9. The van der Waals surface area contributed by atoms with Gasteiger partial charge in [0, 0.05) is 12.1 Å². The standard InChI is InChI=1S/C14H19NO5/c1-3-10(15)4-9-5-12-13(19-7-18-12)6-11(9)20-8(2)14(16)17/h5-6,8,10H,3-4,7,15H2,1-2H3,(H,16,17). The van der Waals surface area contributed by atoms with E-state index in [1.165, 1.54) is 6.92 Å². The zero-order valence-corrected chi connectivity index (χ0v) is 11.6. The third-order valence-corrected chi connectivity index (χ3v) is 3.21. The Kier molecular flexibility index (Phi) is 4.34. The topological polar surface area (TPSA) is 91.0 Å². The van der Waals surface area contributed by atoms with Gasteiger partial charge in [-0.2, -0.15) is 0 Å². The molecular formula is C14H19NO5. The number of aliphatic carboxylic acids is 1. The van der Waals surface area contributed by atoms with Crippen LogP contribution in [0.25, 0.3) is 0 Å². The van der Waals surface area contributed by atoms with Gasteiger partial charge in [-0.25, -0.2) is 4.79 Å². The van der Waals surface area contributed by atoms with Crippen molar-refractivity contribution in [1.29, 1.82) is 0 Å². The molecule has 2 atom stereocenters. The van der Waals surface area contributed by atoms with Crippen molar-refractivity contribution < 1.29 is 24.1 Å². The Morgan fingerprint density at radius 2 is 2.10 bits per heavy atom. The van der Waals surface area contributed by atoms with E-state index in [0.717, 1.165) is 12.0 Å². The molecule has 0 fully saturated rings. The number of carbonyl (C=O) groups is 1. The van der Waals surface area contributed by atoms with Crippen LogP contribution in [0.4, 0.5) is 0 Å². The zero-order chi connectivity index (χ0) is 14.7. The summed E-state index contributed by atoms with van der Waals surface area (Å²) in [5.41, 5.74) is 6.80. The van der Waals surface area contributed by atoms with Crippen LogP contribution in [-0.4, -0.2) is 30.0 Å². The molecular weight excluding hydrogens is 262 g/mol. The molecule has 0 saturated carbocycles. The molecule has 1 heterocycles. The molecule has 6 heteroatoms. The maximum atomic E-state index is 10.9. The van der Waals surface area contributed by atoms with E-state index in [2.05, 4.69) is 0 Å². The van der Waals surface area contributed by atoms with Gasteiger partial charge in [0.2, 0.25) is 6.79 Å². The van der Waals surface area contributed by atoms with E-state index in [-0.39, 0.29) is 12.8 Å². The Hall–Kier alpha value is -1.95. The van der Waals surface area contributed by atoms with Crippen LogP contribution >= 0.6 is 0 Å². The average Bonchev–Trinajstić information content (AvgIpc) is 2.85. The third-order valence-electron chi connectivity index (χ3n) is 3.21. The van der Waals surface area contributed by atoms with E-state index in [4.69, 9.17) is 25.1 Å². The monoisotopic (exact) mass is 281 g/mol. The molecule has 2 rings (SSSR count). The lowest BCUT2D eigenvalue weighted by molar-refractivity contribution is -0.144. The summed E-state index contributed by atoms with van der Waals surface area (Å²) >= 11 is 0. The van der Waals surface area contributed by atoms with Crippen molar-refractivity contribution in [3.8, 4) is 17.2 Å². The van der Waals surface area contributed by atoms with Crippen LogP contribution in [0.15, 0.2) is 12.1 Å². The molecule has 3 N–H and O–H groups in total. The Labute approximate surface area is 117 Å². The Morgan fingerprint density at radius 1 is 1.45 bits per heavy atom. The first kappa shape index (κ1) is 14.5. The van der Waals surface area contributed by atoms with Crippen molar-refractivity contribution in [3.63, 3.8) is 0 Å². The fraction of sp³-hybridized carbons (Fsp3) is 0.500. The largest absolute Gasteiger partial charge is 0.479 e. The van der Waals surface area contributed by atoms with Crippen molar-refractivity contribution in [2.45, 2.75) is 38.8 Å². The Bertz CT molecular complexity index is 503. The molecule has 1 aliphatic heterocycles. The predicted octanol–water partition coefficient (Wildman–Crippen LogP) is 1.55. The van der Waals surface area contributed by atoms with Gasteiger partial charge in [-0.1, -0.05) is 6.92 Å². The van der Waals surface area contributed by atoms with Crippen molar-refractivity contribution in [2.75, 3.05) is 6.79 Å². The van der Waals surface area contributed by atoms with Gasteiger partial charge in [0.1, 0.15) is 5.75 Å². The fourth-order valence-electron chi connectivity index (χ4n) is 1.90. The van der Waals surface area contributed by atoms with Crippen molar-refractivity contribution >= 4 is 5.97 Å².